The molecule has 5 N–H and O–H groups in total. The Hall–Kier alpha value is -10.5. The molecule has 666 valence electrons. The molecule has 4 aromatic carbocycles. The van der Waals surface area contributed by atoms with E-state index in [1.165, 1.54) is 48.2 Å². The first-order chi connectivity index (χ1) is 61.8. The minimum Gasteiger partial charge on any atom is -0.488 e. The van der Waals surface area contributed by atoms with Crippen molar-refractivity contribution in [1.82, 2.24) is 71.1 Å². The summed E-state index contributed by atoms with van der Waals surface area (Å²) < 4.78 is 42.1. The lowest BCUT2D eigenvalue weighted by Gasteiger charge is -2.34. The maximum atomic E-state index is 12.6. The van der Waals surface area contributed by atoms with Crippen LogP contribution in [0.1, 0.15) is 169 Å². The quantitative estimate of drug-likeness (QED) is 0.0473. The number of anilines is 5. The molecule has 29 nitrogen and oxygen atoms in total. The molecular weight excluding hydrogens is 1660 g/mol. The van der Waals surface area contributed by atoms with E-state index in [9.17, 15) is 14.4 Å². The maximum Gasteiger partial charge on any atom is 0.407 e. The minimum absolute atomic E-state index is 0.0422. The Labute approximate surface area is 745 Å². The molecule has 10 aromatic rings. The first kappa shape index (κ1) is 87.5. The molecule has 10 fully saturated rings. The highest BCUT2D eigenvalue weighted by Crippen LogP contribution is 2.41. The largest absolute Gasteiger partial charge is 0.488 e. The number of nitrogens with zero attached hydrogens (tertiary/aromatic N) is 14. The van der Waals surface area contributed by atoms with Crippen LogP contribution in [0.3, 0.4) is 0 Å². The van der Waals surface area contributed by atoms with Crippen molar-refractivity contribution < 1.29 is 47.5 Å². The number of aromatic nitrogens is 10. The zero-order valence-electron chi connectivity index (χ0n) is 72.8. The second kappa shape index (κ2) is 42.4. The van der Waals surface area contributed by atoms with Crippen molar-refractivity contribution in [3.8, 4) is 11.5 Å². The fraction of sp³-hybridized carbons (Fsp3) is 0.531. The minimum atomic E-state index is -0.292. The Morgan fingerprint density at radius 2 is 0.857 bits per heavy atom. The number of rotatable bonds is 20. The highest BCUT2D eigenvalue weighted by molar-refractivity contribution is 9.10. The second-order valence-corrected chi connectivity index (χ2v) is 36.2. The number of carbonyl (C=O) groups excluding carboxylic acids is 3. The molecule has 6 saturated heterocycles. The number of fused-ring (bicyclic) bond motifs is 8. The molecular formula is C96H120BrN19O10. The monoisotopic (exact) mass is 1780 g/mol. The predicted octanol–water partition coefficient (Wildman–Crippen LogP) is 15.0. The molecule has 4 saturated carbocycles. The van der Waals surface area contributed by atoms with Crippen LogP contribution in [0.25, 0.3) is 44.1 Å². The number of urea groups is 1. The van der Waals surface area contributed by atoms with Crippen LogP contribution >= 0.6 is 15.9 Å². The Morgan fingerprint density at radius 1 is 0.437 bits per heavy atom. The van der Waals surface area contributed by atoms with E-state index in [0.717, 1.165) is 277 Å². The van der Waals surface area contributed by atoms with Crippen molar-refractivity contribution in [1.29, 1.82) is 0 Å². The number of pyridine rings is 2. The molecule has 10 aliphatic rings. The summed E-state index contributed by atoms with van der Waals surface area (Å²) in [5.41, 5.74) is 16.1. The zero-order chi connectivity index (χ0) is 86.1. The summed E-state index contributed by atoms with van der Waals surface area (Å²) in [6.07, 6.45) is 41.8. The molecule has 4 atom stereocenters. The van der Waals surface area contributed by atoms with Crippen molar-refractivity contribution in [2.45, 2.75) is 223 Å². The lowest BCUT2D eigenvalue weighted by Crippen LogP contribution is -2.43. The third kappa shape index (κ3) is 22.9. The van der Waals surface area contributed by atoms with E-state index in [4.69, 9.17) is 33.2 Å². The lowest BCUT2D eigenvalue weighted by molar-refractivity contribution is 0.0303. The van der Waals surface area contributed by atoms with Crippen LogP contribution in [0.2, 0.25) is 0 Å². The van der Waals surface area contributed by atoms with Crippen LogP contribution in [-0.2, 0) is 36.5 Å². The number of hydrogen-bond acceptors (Lipinski definition) is 25. The van der Waals surface area contributed by atoms with Gasteiger partial charge in [0.25, 0.3) is 5.91 Å². The van der Waals surface area contributed by atoms with Gasteiger partial charge in [0, 0.05) is 184 Å². The molecule has 126 heavy (non-hydrogen) atoms. The van der Waals surface area contributed by atoms with Crippen molar-refractivity contribution in [3.63, 3.8) is 0 Å². The van der Waals surface area contributed by atoms with Gasteiger partial charge in [-0.25, -0.2) is 24.5 Å². The fourth-order valence-corrected chi connectivity index (χ4v) is 20.1. The average Bonchev–Trinajstić information content (AvgIpc) is 1.35. The van der Waals surface area contributed by atoms with Crippen LogP contribution in [0.15, 0.2) is 139 Å². The first-order valence-corrected chi connectivity index (χ1v) is 46.9. The third-order valence-electron chi connectivity index (χ3n) is 26.4. The fourth-order valence-electron chi connectivity index (χ4n) is 19.9. The number of amides is 4. The SMILES string of the molecule is Brc1ccc(NC2CCC(Oc3cc(N4CCOCC4)cc4nccnc34)CC2)nc1.CCNC(=O)NC1CCC(Cc2cc(N3CC4CCC(C3)O4)cc3nccnc23)CC1.CCOC(=O)NC1CCC(Cc2cc(N3CC4CCC(C3)O4)cc3nccnc23)CC1.Cc1cccnc1C(=O)NC1CCC(Oc2cc(N3CCOCC3)cc3nccnc23)CC1. The van der Waals surface area contributed by atoms with E-state index < -0.39 is 0 Å². The number of halogens is 1. The van der Waals surface area contributed by atoms with Gasteiger partial charge in [0.05, 0.1) is 103 Å². The van der Waals surface area contributed by atoms with Crippen molar-refractivity contribution in [2.75, 3.05) is 117 Å². The number of alkyl carbamates (subject to hydrolysis) is 1. The van der Waals surface area contributed by atoms with Gasteiger partial charge in [-0.3, -0.25) is 39.7 Å². The molecule has 4 aliphatic carbocycles. The van der Waals surface area contributed by atoms with E-state index >= 15 is 0 Å². The first-order valence-electron chi connectivity index (χ1n) is 46.1. The number of aryl methyl sites for hydroxylation is 1. The van der Waals surface area contributed by atoms with Crippen LogP contribution < -0.4 is 55.7 Å². The Bertz CT molecular complexity index is 5120. The standard InChI is InChI=1S/C25H29N5O3.C24H33N5O2.C24H32N4O3.C23H26BrN5O2/c1-17-3-2-8-27-23(17)25(31)29-18-4-6-20(7-5-18)33-22-16-19(30-11-13-32-14-12-30)15-21-24(22)28-10-9-26-21;1-2-25-24(30)28-18-5-3-16(4-6-18)11-17-12-19(13-22-23(17)27-10-9-26-22)29-14-20-7-8-21(15-29)31-20;1-2-30-24(29)27-18-5-3-16(4-6-18)11-17-12-19(13-22-23(17)26-10-9-25-22)28-14-20-7-8-21(15-28)31-20;24-16-1-6-22(27-15-16)28-17-2-4-19(5-3-17)31-21-14-18(29-9-11-30-12-10-29)13-20-23(21)26-8-7-25-20/h2-3,8-10,15-16,18,20H,4-7,11-14H2,1H3,(H,29,31);9-10,12-13,16,18,20-21H,2-8,11,14-15H2,1H3,(H2,25,28,30);9-10,12-13,16,18,20-21H,2-8,11,14-15H2,1H3,(H,27,29);1,6-8,13-15,17,19H,2-5,9-12H2,(H,27,28). The van der Waals surface area contributed by atoms with Crippen LogP contribution in [0, 0.1) is 18.8 Å². The number of nitrogens with one attached hydrogen (secondary N) is 5. The lowest BCUT2D eigenvalue weighted by atomic mass is 9.82. The summed E-state index contributed by atoms with van der Waals surface area (Å²) in [6.45, 7) is 17.0. The van der Waals surface area contributed by atoms with Crippen molar-refractivity contribution >= 4 is 107 Å². The van der Waals surface area contributed by atoms with Gasteiger partial charge in [0.1, 0.15) is 34.0 Å². The van der Waals surface area contributed by atoms with Gasteiger partial charge in [-0.15, -0.1) is 0 Å². The summed E-state index contributed by atoms with van der Waals surface area (Å²) >= 11 is 3.43. The molecule has 6 aromatic heterocycles. The number of ether oxygens (including phenoxy) is 7. The molecule has 6 aliphatic heterocycles. The van der Waals surface area contributed by atoms with Crippen molar-refractivity contribution in [2.24, 2.45) is 11.8 Å². The molecule has 0 spiro atoms. The Kier molecular flexibility index (Phi) is 29.4. The summed E-state index contributed by atoms with van der Waals surface area (Å²) in [5, 5.41) is 15.6. The van der Waals surface area contributed by atoms with Gasteiger partial charge < -0.3 is 79.3 Å². The summed E-state index contributed by atoms with van der Waals surface area (Å²) in [4.78, 5) is 91.1. The highest BCUT2D eigenvalue weighted by Gasteiger charge is 2.37. The van der Waals surface area contributed by atoms with E-state index in [2.05, 4.69) is 160 Å². The van der Waals surface area contributed by atoms with Gasteiger partial charge in [0.15, 0.2) is 0 Å². The second-order valence-electron chi connectivity index (χ2n) is 35.3. The smallest absolute Gasteiger partial charge is 0.407 e. The molecule has 4 unspecified atom stereocenters. The van der Waals surface area contributed by atoms with Crippen LogP contribution in [0.5, 0.6) is 11.5 Å². The highest BCUT2D eigenvalue weighted by atomic mass is 79.9. The number of carbonyl (C=O) groups is 3. The molecule has 20 rings (SSSR count). The number of morpholine rings is 4. The molecule has 30 heteroatoms. The van der Waals surface area contributed by atoms with Crippen LogP contribution in [-0.4, -0.2) is 221 Å². The maximum absolute atomic E-state index is 12.6. The van der Waals surface area contributed by atoms with Gasteiger partial charge in [0.2, 0.25) is 0 Å². The topological polar surface area (TPSA) is 318 Å². The molecule has 12 heterocycles. The van der Waals surface area contributed by atoms with Gasteiger partial charge in [-0.05, 0) is 261 Å². The van der Waals surface area contributed by atoms with Gasteiger partial charge in [-0.2, -0.15) is 0 Å². The van der Waals surface area contributed by atoms with E-state index in [0.29, 0.717) is 61.1 Å². The summed E-state index contributed by atoms with van der Waals surface area (Å²) in [6, 6.07) is 26.3. The number of hydrogen-bond donors (Lipinski definition) is 5. The normalized spacial score (nSPS) is 24.6. The predicted molar refractivity (Wildman–Crippen MR) is 491 cm³/mol. The van der Waals surface area contributed by atoms with E-state index in [1.807, 2.05) is 51.2 Å². The van der Waals surface area contributed by atoms with Crippen molar-refractivity contribution in [3.05, 3.63) is 162 Å². The van der Waals surface area contributed by atoms with E-state index in [-0.39, 0.29) is 48.4 Å². The molecule has 4 bridgehead atoms. The Balaban J connectivity index is 0.000000119. The van der Waals surface area contributed by atoms with Crippen LogP contribution in [0.4, 0.5) is 38.2 Å². The summed E-state index contributed by atoms with van der Waals surface area (Å²) in [7, 11) is 0. The van der Waals surface area contributed by atoms with E-state index in [1.54, 1.807) is 55.8 Å². The summed E-state index contributed by atoms with van der Waals surface area (Å²) in [5.74, 6) is 3.65. The molecule has 4 amide bonds. The number of benzene rings is 4. The van der Waals surface area contributed by atoms with Gasteiger partial charge in [-0.1, -0.05) is 6.07 Å². The zero-order valence-corrected chi connectivity index (χ0v) is 74.4. The Morgan fingerprint density at radius 3 is 1.30 bits per heavy atom. The average molecular weight is 1780 g/mol. The van der Waals surface area contributed by atoms with Gasteiger partial charge >= 0.3 is 12.1 Å². The third-order valence-corrected chi connectivity index (χ3v) is 26.9. The molecule has 0 radical (unpaired) electrons.